The molecule has 120 valence electrons. The molecule has 3 atom stereocenters. The summed E-state index contributed by atoms with van der Waals surface area (Å²) in [6.45, 7) is 8.20. The van der Waals surface area contributed by atoms with Crippen molar-refractivity contribution < 1.29 is 0 Å². The van der Waals surface area contributed by atoms with Crippen molar-refractivity contribution in [1.29, 1.82) is 0 Å². The molecule has 0 aromatic carbocycles. The summed E-state index contributed by atoms with van der Waals surface area (Å²) in [5.41, 5.74) is 0. The molecule has 3 heteroatoms. The van der Waals surface area contributed by atoms with Crippen LogP contribution < -0.4 is 0 Å². The van der Waals surface area contributed by atoms with Gasteiger partial charge in [0.1, 0.15) is 0 Å². The van der Waals surface area contributed by atoms with Crippen molar-refractivity contribution in [2.24, 2.45) is 11.8 Å². The van der Waals surface area contributed by atoms with Gasteiger partial charge in [-0.25, -0.2) is 0 Å². The second kappa shape index (κ2) is 6.17. The van der Waals surface area contributed by atoms with E-state index in [1.165, 1.54) is 84.2 Å². The fraction of sp³-hybridized carbons (Fsp3) is 1.00. The van der Waals surface area contributed by atoms with E-state index in [-0.39, 0.29) is 0 Å². The fourth-order valence-electron chi connectivity index (χ4n) is 5.54. The topological polar surface area (TPSA) is 9.72 Å². The van der Waals surface area contributed by atoms with E-state index in [4.69, 9.17) is 0 Å². The maximum atomic E-state index is 2.88. The molecule has 3 aliphatic heterocycles. The highest BCUT2D eigenvalue weighted by Crippen LogP contribution is 2.39. The number of rotatable bonds is 2. The summed E-state index contributed by atoms with van der Waals surface area (Å²) < 4.78 is 0. The Balaban J connectivity index is 1.33. The Morgan fingerprint density at radius 2 is 1.33 bits per heavy atom. The Morgan fingerprint density at radius 3 is 2.05 bits per heavy atom. The number of hydrogen-bond acceptors (Lipinski definition) is 3. The minimum Gasteiger partial charge on any atom is -0.306 e. The van der Waals surface area contributed by atoms with Gasteiger partial charge >= 0.3 is 0 Å². The van der Waals surface area contributed by atoms with Gasteiger partial charge in [0.15, 0.2) is 0 Å². The molecular formula is C18H33N3. The number of hydrogen-bond donors (Lipinski definition) is 0. The standard InChI is InChI=1S/C18H33N3/c1-19-10-7-17(8-11-19)20-9-3-6-18(14-20)21-12-15-4-2-5-16(15)13-21/h15-18H,2-14H2,1H3. The van der Waals surface area contributed by atoms with Crippen molar-refractivity contribution in [1.82, 2.24) is 14.7 Å². The van der Waals surface area contributed by atoms with Gasteiger partial charge in [-0.3, -0.25) is 9.80 Å². The van der Waals surface area contributed by atoms with Gasteiger partial charge in [-0.2, -0.15) is 0 Å². The second-order valence-electron chi connectivity index (χ2n) is 8.23. The zero-order valence-corrected chi connectivity index (χ0v) is 13.8. The lowest BCUT2D eigenvalue weighted by molar-refractivity contribution is 0.0533. The highest BCUT2D eigenvalue weighted by Gasteiger charge is 2.40. The van der Waals surface area contributed by atoms with Crippen LogP contribution in [0.1, 0.15) is 44.9 Å². The minimum absolute atomic E-state index is 0.879. The molecule has 4 aliphatic rings. The molecular weight excluding hydrogens is 258 g/mol. The Kier molecular flexibility index (Phi) is 4.25. The highest BCUT2D eigenvalue weighted by molar-refractivity contribution is 4.94. The smallest absolute Gasteiger partial charge is 0.0223 e. The van der Waals surface area contributed by atoms with Gasteiger partial charge in [-0.15, -0.1) is 0 Å². The quantitative estimate of drug-likeness (QED) is 0.773. The van der Waals surface area contributed by atoms with E-state index in [0.717, 1.165) is 23.9 Å². The molecule has 0 bridgehead atoms. The molecule has 3 heterocycles. The summed E-state index contributed by atoms with van der Waals surface area (Å²) in [6.07, 6.45) is 10.2. The van der Waals surface area contributed by atoms with Crippen LogP contribution in [-0.4, -0.2) is 73.1 Å². The number of fused-ring (bicyclic) bond motifs is 1. The summed E-state index contributed by atoms with van der Waals surface area (Å²) in [5, 5.41) is 0. The van der Waals surface area contributed by atoms with Gasteiger partial charge in [0.2, 0.25) is 0 Å². The molecule has 4 rings (SSSR count). The van der Waals surface area contributed by atoms with Crippen LogP contribution in [0.15, 0.2) is 0 Å². The zero-order chi connectivity index (χ0) is 14.2. The van der Waals surface area contributed by atoms with Crippen LogP contribution in [0.3, 0.4) is 0 Å². The third-order valence-corrected chi connectivity index (χ3v) is 6.90. The van der Waals surface area contributed by atoms with E-state index in [2.05, 4.69) is 21.7 Å². The SMILES string of the molecule is CN1CCC(N2CCCC(N3CC4CCCC4C3)C2)CC1. The first kappa shape index (κ1) is 14.5. The van der Waals surface area contributed by atoms with Gasteiger partial charge in [0.05, 0.1) is 0 Å². The zero-order valence-electron chi connectivity index (χ0n) is 13.8. The van der Waals surface area contributed by atoms with Gasteiger partial charge in [0, 0.05) is 31.7 Å². The lowest BCUT2D eigenvalue weighted by Gasteiger charge is -2.44. The van der Waals surface area contributed by atoms with Gasteiger partial charge < -0.3 is 4.90 Å². The molecule has 21 heavy (non-hydrogen) atoms. The van der Waals surface area contributed by atoms with Crippen LogP contribution in [-0.2, 0) is 0 Å². The molecule has 0 radical (unpaired) electrons. The second-order valence-corrected chi connectivity index (χ2v) is 8.23. The van der Waals surface area contributed by atoms with E-state index in [9.17, 15) is 0 Å². The van der Waals surface area contributed by atoms with E-state index in [1.807, 2.05) is 0 Å². The summed E-state index contributed by atoms with van der Waals surface area (Å²) in [4.78, 5) is 8.24. The molecule has 1 saturated carbocycles. The van der Waals surface area contributed by atoms with Crippen molar-refractivity contribution in [2.75, 3.05) is 46.3 Å². The first-order valence-corrected chi connectivity index (χ1v) is 9.46. The van der Waals surface area contributed by atoms with E-state index < -0.39 is 0 Å². The molecule has 4 fully saturated rings. The van der Waals surface area contributed by atoms with Crippen LogP contribution in [0.4, 0.5) is 0 Å². The average molecular weight is 291 g/mol. The largest absolute Gasteiger partial charge is 0.306 e. The average Bonchev–Trinajstić information content (AvgIpc) is 3.09. The van der Waals surface area contributed by atoms with E-state index in [1.54, 1.807) is 0 Å². The van der Waals surface area contributed by atoms with Gasteiger partial charge in [0.25, 0.3) is 0 Å². The minimum atomic E-state index is 0.879. The molecule has 0 amide bonds. The summed E-state index contributed by atoms with van der Waals surface area (Å²) in [7, 11) is 2.28. The van der Waals surface area contributed by atoms with Crippen LogP contribution in [0.25, 0.3) is 0 Å². The van der Waals surface area contributed by atoms with Crippen LogP contribution in [0, 0.1) is 11.8 Å². The van der Waals surface area contributed by atoms with Crippen molar-refractivity contribution in [3.63, 3.8) is 0 Å². The molecule has 0 N–H and O–H groups in total. The van der Waals surface area contributed by atoms with Crippen LogP contribution in [0.5, 0.6) is 0 Å². The molecule has 0 spiro atoms. The van der Waals surface area contributed by atoms with Crippen molar-refractivity contribution in [3.8, 4) is 0 Å². The third-order valence-electron chi connectivity index (χ3n) is 6.90. The summed E-state index contributed by atoms with van der Waals surface area (Å²) in [6, 6.07) is 1.76. The normalized spacial score (nSPS) is 40.7. The maximum Gasteiger partial charge on any atom is 0.0223 e. The number of likely N-dealkylation sites (tertiary alicyclic amines) is 3. The van der Waals surface area contributed by atoms with Gasteiger partial charge in [-0.1, -0.05) is 6.42 Å². The van der Waals surface area contributed by atoms with Crippen LogP contribution in [0.2, 0.25) is 0 Å². The third kappa shape index (κ3) is 3.02. The molecule has 3 unspecified atom stereocenters. The van der Waals surface area contributed by atoms with Crippen LogP contribution >= 0.6 is 0 Å². The molecule has 1 aliphatic carbocycles. The van der Waals surface area contributed by atoms with E-state index >= 15 is 0 Å². The van der Waals surface area contributed by atoms with Gasteiger partial charge in [-0.05, 0) is 77.0 Å². The number of nitrogens with zero attached hydrogens (tertiary/aromatic N) is 3. The first-order chi connectivity index (χ1) is 10.3. The van der Waals surface area contributed by atoms with E-state index in [0.29, 0.717) is 0 Å². The lowest BCUT2D eigenvalue weighted by Crippen LogP contribution is -2.53. The van der Waals surface area contributed by atoms with Crippen molar-refractivity contribution in [2.45, 2.75) is 57.0 Å². The predicted octanol–water partition coefficient (Wildman–Crippen LogP) is 2.28. The Hall–Kier alpha value is -0.120. The first-order valence-electron chi connectivity index (χ1n) is 9.46. The predicted molar refractivity (Wildman–Crippen MR) is 87.5 cm³/mol. The molecule has 3 saturated heterocycles. The van der Waals surface area contributed by atoms with Crippen molar-refractivity contribution >= 4 is 0 Å². The Bertz CT molecular complexity index is 338. The summed E-state index contributed by atoms with van der Waals surface area (Å²) in [5.74, 6) is 2.12. The number of piperidine rings is 2. The fourth-order valence-corrected chi connectivity index (χ4v) is 5.54. The highest BCUT2D eigenvalue weighted by atomic mass is 15.3. The lowest BCUT2D eigenvalue weighted by atomic mass is 9.97. The summed E-state index contributed by atoms with van der Waals surface area (Å²) >= 11 is 0. The Morgan fingerprint density at radius 1 is 0.619 bits per heavy atom. The van der Waals surface area contributed by atoms with Crippen molar-refractivity contribution in [3.05, 3.63) is 0 Å². The Labute approximate surface area is 130 Å². The molecule has 0 aromatic rings. The monoisotopic (exact) mass is 291 g/mol. The molecule has 3 nitrogen and oxygen atoms in total. The maximum absolute atomic E-state index is 2.88. The molecule has 0 aromatic heterocycles.